The Morgan fingerprint density at radius 2 is 1.72 bits per heavy atom. The second-order valence-corrected chi connectivity index (χ2v) is 5.29. The van der Waals surface area contributed by atoms with Crippen LogP contribution in [0.15, 0.2) is 30.3 Å². The molecule has 6 nitrogen and oxygen atoms in total. The zero-order valence-corrected chi connectivity index (χ0v) is 14.7. The number of nitriles is 1. The van der Waals surface area contributed by atoms with Crippen molar-refractivity contribution in [2.75, 3.05) is 26.6 Å². The molecule has 0 aliphatic rings. The number of ether oxygens (including phenoxy) is 3. The highest BCUT2D eigenvalue weighted by Crippen LogP contribution is 2.34. The third-order valence-corrected chi connectivity index (χ3v) is 3.82. The van der Waals surface area contributed by atoms with E-state index in [1.54, 1.807) is 51.7 Å². The molecule has 0 aliphatic heterocycles. The maximum absolute atomic E-state index is 11.6. The smallest absolute Gasteiger partial charge is 0.159 e. The number of nitrogens with one attached hydrogen (secondary N) is 1. The van der Waals surface area contributed by atoms with E-state index < -0.39 is 0 Å². The van der Waals surface area contributed by atoms with Crippen LogP contribution in [0, 0.1) is 11.3 Å². The van der Waals surface area contributed by atoms with Crippen LogP contribution < -0.4 is 19.5 Å². The Kier molecular flexibility index (Phi) is 5.85. The number of carbonyl (C=O) groups excluding carboxylic acids is 1. The average molecular weight is 340 g/mol. The first-order valence-corrected chi connectivity index (χ1v) is 7.61. The molecule has 2 aromatic carbocycles. The van der Waals surface area contributed by atoms with Crippen LogP contribution in [0.5, 0.6) is 17.2 Å². The van der Waals surface area contributed by atoms with Gasteiger partial charge in [0.2, 0.25) is 0 Å². The average Bonchev–Trinajstić information content (AvgIpc) is 2.65. The largest absolute Gasteiger partial charge is 0.496 e. The van der Waals surface area contributed by atoms with Gasteiger partial charge in [0.15, 0.2) is 5.78 Å². The summed E-state index contributed by atoms with van der Waals surface area (Å²) in [7, 11) is 4.70. The number of benzene rings is 2. The lowest BCUT2D eigenvalue weighted by Crippen LogP contribution is -2.07. The van der Waals surface area contributed by atoms with Crippen LogP contribution in [-0.4, -0.2) is 27.1 Å². The summed E-state index contributed by atoms with van der Waals surface area (Å²) in [5, 5.41) is 12.5. The number of hydrogen-bond acceptors (Lipinski definition) is 6. The summed E-state index contributed by atoms with van der Waals surface area (Å²) in [5.41, 5.74) is 2.35. The maximum Gasteiger partial charge on any atom is 0.159 e. The minimum Gasteiger partial charge on any atom is -0.496 e. The fraction of sp³-hybridized carbons (Fsp3) is 0.263. The second kappa shape index (κ2) is 8.06. The summed E-state index contributed by atoms with van der Waals surface area (Å²) in [6.07, 6.45) is 0. The van der Waals surface area contributed by atoms with E-state index in [0.717, 1.165) is 5.56 Å². The summed E-state index contributed by atoms with van der Waals surface area (Å²) in [5.74, 6) is 1.76. The van der Waals surface area contributed by atoms with Crippen molar-refractivity contribution in [1.29, 1.82) is 5.26 Å². The van der Waals surface area contributed by atoms with E-state index >= 15 is 0 Å². The fourth-order valence-corrected chi connectivity index (χ4v) is 2.44. The summed E-state index contributed by atoms with van der Waals surface area (Å²) in [4.78, 5) is 11.6. The van der Waals surface area contributed by atoms with Crippen LogP contribution in [0.3, 0.4) is 0 Å². The number of carbonyl (C=O) groups is 1. The van der Waals surface area contributed by atoms with Gasteiger partial charge in [-0.15, -0.1) is 0 Å². The number of nitrogens with zero attached hydrogens (tertiary/aromatic N) is 1. The molecule has 130 valence electrons. The van der Waals surface area contributed by atoms with Crippen LogP contribution in [0.4, 0.5) is 5.69 Å². The molecule has 0 amide bonds. The molecule has 0 fully saturated rings. The first kappa shape index (κ1) is 18.1. The molecule has 2 rings (SSSR count). The molecule has 0 saturated carbocycles. The van der Waals surface area contributed by atoms with Crippen molar-refractivity contribution < 1.29 is 19.0 Å². The van der Waals surface area contributed by atoms with Gasteiger partial charge in [-0.1, -0.05) is 0 Å². The summed E-state index contributed by atoms with van der Waals surface area (Å²) in [6, 6.07) is 10.6. The number of Topliss-reactive ketones (excluding diaryl/α,β-unsaturated/α-hetero) is 1. The van der Waals surface area contributed by atoms with Crippen molar-refractivity contribution in [3.63, 3.8) is 0 Å². The van der Waals surface area contributed by atoms with Gasteiger partial charge in [-0.25, -0.2) is 0 Å². The highest BCUT2D eigenvalue weighted by atomic mass is 16.5. The van der Waals surface area contributed by atoms with Gasteiger partial charge in [0.05, 0.1) is 38.1 Å². The van der Waals surface area contributed by atoms with E-state index in [9.17, 15) is 10.1 Å². The molecule has 0 spiro atoms. The number of hydrogen-bond donors (Lipinski definition) is 1. The monoisotopic (exact) mass is 340 g/mol. The Morgan fingerprint density at radius 3 is 2.20 bits per heavy atom. The molecular weight excluding hydrogens is 320 g/mol. The molecule has 25 heavy (non-hydrogen) atoms. The molecule has 6 heteroatoms. The lowest BCUT2D eigenvalue weighted by molar-refractivity contribution is 0.101. The van der Waals surface area contributed by atoms with Gasteiger partial charge in [0, 0.05) is 24.2 Å². The van der Waals surface area contributed by atoms with Crippen molar-refractivity contribution in [3.8, 4) is 23.3 Å². The zero-order chi connectivity index (χ0) is 18.4. The van der Waals surface area contributed by atoms with Crippen molar-refractivity contribution in [3.05, 3.63) is 47.0 Å². The number of anilines is 1. The quantitative estimate of drug-likeness (QED) is 0.778. The molecule has 2 aromatic rings. The van der Waals surface area contributed by atoms with Crippen LogP contribution in [0.1, 0.15) is 28.4 Å². The van der Waals surface area contributed by atoms with Gasteiger partial charge in [-0.05, 0) is 25.1 Å². The molecule has 0 radical (unpaired) electrons. The lowest BCUT2D eigenvalue weighted by atomic mass is 10.1. The molecule has 1 N–H and O–H groups in total. The topological polar surface area (TPSA) is 80.6 Å². The minimum atomic E-state index is -0.0628. The normalized spacial score (nSPS) is 9.88. The van der Waals surface area contributed by atoms with Gasteiger partial charge < -0.3 is 19.5 Å². The van der Waals surface area contributed by atoms with E-state index in [0.29, 0.717) is 40.6 Å². The zero-order valence-electron chi connectivity index (χ0n) is 14.7. The van der Waals surface area contributed by atoms with E-state index in [1.165, 1.54) is 6.92 Å². The Morgan fingerprint density at radius 1 is 1.08 bits per heavy atom. The van der Waals surface area contributed by atoms with Crippen LogP contribution in [-0.2, 0) is 6.54 Å². The van der Waals surface area contributed by atoms with Crippen molar-refractivity contribution in [2.24, 2.45) is 0 Å². The van der Waals surface area contributed by atoms with Gasteiger partial charge in [0.25, 0.3) is 0 Å². The van der Waals surface area contributed by atoms with Gasteiger partial charge in [-0.2, -0.15) is 5.26 Å². The predicted molar refractivity (Wildman–Crippen MR) is 94.6 cm³/mol. The minimum absolute atomic E-state index is 0.0628. The molecule has 0 bridgehead atoms. The summed E-state index contributed by atoms with van der Waals surface area (Å²) < 4.78 is 16.1. The van der Waals surface area contributed by atoms with E-state index in [-0.39, 0.29) is 5.78 Å². The van der Waals surface area contributed by atoms with E-state index in [1.807, 2.05) is 0 Å². The molecule has 0 atom stereocenters. The van der Waals surface area contributed by atoms with Gasteiger partial charge in [-0.3, -0.25) is 4.79 Å². The molecule has 0 aromatic heterocycles. The molecule has 0 aliphatic carbocycles. The SMILES string of the molecule is COc1cc(OC)c(CNc2cc(C(C)=O)ccc2C#N)c(OC)c1. The van der Waals surface area contributed by atoms with E-state index in [2.05, 4.69) is 11.4 Å². The predicted octanol–water partition coefficient (Wildman–Crippen LogP) is 3.40. The van der Waals surface area contributed by atoms with Crippen molar-refractivity contribution in [2.45, 2.75) is 13.5 Å². The molecule has 0 unspecified atom stereocenters. The Bertz CT molecular complexity index is 800. The number of methoxy groups -OCH3 is 3. The van der Waals surface area contributed by atoms with E-state index in [4.69, 9.17) is 14.2 Å². The molecule has 0 heterocycles. The third kappa shape index (κ3) is 4.01. The standard InChI is InChI=1S/C19H20N2O4/c1-12(22)13-5-6-14(10-20)17(7-13)21-11-16-18(24-3)8-15(23-2)9-19(16)25-4/h5-9,21H,11H2,1-4H3. The second-order valence-electron chi connectivity index (χ2n) is 5.29. The van der Waals surface area contributed by atoms with Crippen LogP contribution in [0.25, 0.3) is 0 Å². The number of ketones is 1. The Hall–Kier alpha value is -3.20. The first-order chi connectivity index (χ1) is 12.0. The Labute approximate surface area is 146 Å². The van der Waals surface area contributed by atoms with Crippen molar-refractivity contribution in [1.82, 2.24) is 0 Å². The summed E-state index contributed by atoms with van der Waals surface area (Å²) in [6.45, 7) is 1.84. The highest BCUT2D eigenvalue weighted by Gasteiger charge is 2.14. The van der Waals surface area contributed by atoms with Gasteiger partial charge in [0.1, 0.15) is 23.3 Å². The van der Waals surface area contributed by atoms with Crippen molar-refractivity contribution >= 4 is 11.5 Å². The fourth-order valence-electron chi connectivity index (χ4n) is 2.44. The molecular formula is C19H20N2O4. The van der Waals surface area contributed by atoms with Crippen LogP contribution >= 0.6 is 0 Å². The first-order valence-electron chi connectivity index (χ1n) is 7.61. The molecule has 0 saturated heterocycles. The third-order valence-electron chi connectivity index (χ3n) is 3.82. The highest BCUT2D eigenvalue weighted by molar-refractivity contribution is 5.95. The Balaban J connectivity index is 2.37. The summed E-state index contributed by atoms with van der Waals surface area (Å²) >= 11 is 0. The maximum atomic E-state index is 11.6. The lowest BCUT2D eigenvalue weighted by Gasteiger charge is -2.16. The van der Waals surface area contributed by atoms with Gasteiger partial charge >= 0.3 is 0 Å². The van der Waals surface area contributed by atoms with Crippen LogP contribution in [0.2, 0.25) is 0 Å². The number of rotatable bonds is 7.